The Bertz CT molecular complexity index is 1410. The molecule has 0 aromatic carbocycles. The fourth-order valence-corrected chi connectivity index (χ4v) is 5.68. The third-order valence-corrected chi connectivity index (χ3v) is 9.17. The van der Waals surface area contributed by atoms with E-state index < -0.39 is 107 Å². The van der Waals surface area contributed by atoms with Crippen molar-refractivity contribution in [2.45, 2.75) is 83.3 Å². The van der Waals surface area contributed by atoms with Gasteiger partial charge in [0.05, 0.1) is 0 Å². The summed E-state index contributed by atoms with van der Waals surface area (Å²) in [6.07, 6.45) is -30.8. The molecule has 54 heavy (non-hydrogen) atoms. The van der Waals surface area contributed by atoms with E-state index in [9.17, 15) is 149 Å². The third-order valence-electron chi connectivity index (χ3n) is 5.19. The van der Waals surface area contributed by atoms with E-state index in [0.717, 1.165) is 0 Å². The Kier molecular flexibility index (Phi) is 12.6. The van der Waals surface area contributed by atoms with Gasteiger partial charge in [-0.15, -0.1) is 39.5 Å². The van der Waals surface area contributed by atoms with E-state index >= 15 is 0 Å². The molecule has 0 aromatic heterocycles. The highest BCUT2D eigenvalue weighted by atomic mass is 32.2. The standard InChI is InChI=1S/C14HF32NO5SSi/c15-1(16,3(19,20)5(23,24)8(29,30)31)2(17,18)4(21,22)6(25,26)10(34,35)53(48,49)11(36,37)7(27,28)9(32,33)47-54(50-12(38,39)40,51-13(41,42)43)52-14(44,45)46/h47H. The molecule has 0 saturated carbocycles. The van der Waals surface area contributed by atoms with E-state index in [1.54, 1.807) is 13.3 Å². The molecule has 0 aliphatic rings. The van der Waals surface area contributed by atoms with Crippen LogP contribution in [0.25, 0.3) is 0 Å². The van der Waals surface area contributed by atoms with E-state index in [-0.39, 0.29) is 0 Å². The summed E-state index contributed by atoms with van der Waals surface area (Å²) in [5.74, 6) is -67.0. The summed E-state index contributed by atoms with van der Waals surface area (Å²) >= 11 is 0. The molecule has 0 aliphatic heterocycles. The van der Waals surface area contributed by atoms with Gasteiger partial charge in [-0.05, 0) is 0 Å². The molecule has 0 saturated heterocycles. The molecule has 0 aliphatic carbocycles. The number of rotatable bonds is 15. The number of hydrogen-bond donors (Lipinski definition) is 1. The Balaban J connectivity index is 7.76. The maximum atomic E-state index is 14.1. The molecule has 40 heteroatoms. The smallest absolute Gasteiger partial charge is 0.271 e. The molecule has 1 N–H and O–H groups in total. The average molecular weight is 931 g/mol. The van der Waals surface area contributed by atoms with Crippen LogP contribution in [-0.2, 0) is 23.1 Å². The Labute approximate surface area is 270 Å². The first kappa shape index (κ1) is 51.8. The molecule has 0 atom stereocenters. The highest BCUT2D eigenvalue weighted by Crippen LogP contribution is 2.66. The van der Waals surface area contributed by atoms with Crippen molar-refractivity contribution in [3.05, 3.63) is 0 Å². The Morgan fingerprint density at radius 1 is 0.333 bits per heavy atom. The molecule has 6 nitrogen and oxygen atoms in total. The molecule has 326 valence electrons. The number of halogens is 32. The van der Waals surface area contributed by atoms with Gasteiger partial charge in [0, 0.05) is 0 Å². The topological polar surface area (TPSA) is 73.9 Å². The van der Waals surface area contributed by atoms with E-state index in [0.29, 0.717) is 0 Å². The van der Waals surface area contributed by atoms with Crippen LogP contribution in [0.15, 0.2) is 0 Å². The van der Waals surface area contributed by atoms with Gasteiger partial charge in [0.25, 0.3) is 9.84 Å². The first-order chi connectivity index (χ1) is 22.6. The van der Waals surface area contributed by atoms with Gasteiger partial charge in [-0.3, -0.25) is 13.3 Å². The van der Waals surface area contributed by atoms with E-state index in [2.05, 4.69) is 0 Å². The number of sulfone groups is 1. The van der Waals surface area contributed by atoms with Crippen molar-refractivity contribution in [1.29, 1.82) is 0 Å². The number of nitrogens with one attached hydrogen (secondary N) is 1. The molecule has 0 fully saturated rings. The molecule has 0 bridgehead atoms. The van der Waals surface area contributed by atoms with Crippen molar-refractivity contribution in [2.24, 2.45) is 0 Å². The zero-order valence-electron chi connectivity index (χ0n) is 22.5. The van der Waals surface area contributed by atoms with Gasteiger partial charge in [0.2, 0.25) is 0 Å². The lowest BCUT2D eigenvalue weighted by Crippen LogP contribution is -2.77. The largest absolute Gasteiger partial charge is 0.621 e. The van der Waals surface area contributed by atoms with Crippen LogP contribution >= 0.6 is 0 Å². The highest BCUT2D eigenvalue weighted by Gasteiger charge is 2.98. The summed E-state index contributed by atoms with van der Waals surface area (Å²) in [4.78, 5) is -1.96. The van der Waals surface area contributed by atoms with Gasteiger partial charge >= 0.3 is 92.2 Å². The van der Waals surface area contributed by atoms with Crippen LogP contribution < -0.4 is 4.98 Å². The normalized spacial score (nSPS) is 17.0. The zero-order chi connectivity index (χ0) is 44.8. The fraction of sp³-hybridized carbons (Fsp3) is 1.00. The van der Waals surface area contributed by atoms with E-state index in [4.69, 9.17) is 0 Å². The zero-order valence-corrected chi connectivity index (χ0v) is 24.4. The summed E-state index contributed by atoms with van der Waals surface area (Å²) in [5.41, 5.74) is 0. The Morgan fingerprint density at radius 2 is 0.556 bits per heavy atom. The van der Waals surface area contributed by atoms with Crippen LogP contribution in [-0.4, -0.2) is 101 Å². The van der Waals surface area contributed by atoms with Crippen molar-refractivity contribution in [1.82, 2.24) is 4.98 Å². The minimum Gasteiger partial charge on any atom is -0.271 e. The second kappa shape index (κ2) is 13.2. The summed E-state index contributed by atoms with van der Waals surface area (Å²) in [6.45, 7) is 0. The van der Waals surface area contributed by atoms with Gasteiger partial charge in [0.15, 0.2) is 0 Å². The van der Waals surface area contributed by atoms with Crippen LogP contribution in [0, 0.1) is 0 Å². The molecule has 0 rings (SSSR count). The summed E-state index contributed by atoms with van der Waals surface area (Å²) in [7, 11) is -20.3. The van der Waals surface area contributed by atoms with Crippen molar-refractivity contribution in [2.75, 3.05) is 0 Å². The van der Waals surface area contributed by atoms with E-state index in [1.807, 2.05) is 0 Å². The van der Waals surface area contributed by atoms with Crippen LogP contribution in [0.5, 0.6) is 0 Å². The Morgan fingerprint density at radius 3 is 0.796 bits per heavy atom. The minimum absolute atomic E-state index is 1.64. The molecule has 0 radical (unpaired) electrons. The van der Waals surface area contributed by atoms with Crippen molar-refractivity contribution in [3.63, 3.8) is 0 Å². The predicted molar refractivity (Wildman–Crippen MR) is 94.8 cm³/mol. The van der Waals surface area contributed by atoms with Crippen LogP contribution in [0.2, 0.25) is 0 Å². The second-order valence-corrected chi connectivity index (χ2v) is 13.0. The monoisotopic (exact) mass is 931 g/mol. The van der Waals surface area contributed by atoms with Gasteiger partial charge in [0.1, 0.15) is 0 Å². The maximum absolute atomic E-state index is 14.1. The molecule has 0 amide bonds. The lowest BCUT2D eigenvalue weighted by molar-refractivity contribution is -0.458. The van der Waals surface area contributed by atoms with Crippen molar-refractivity contribution >= 4 is 18.8 Å². The highest BCUT2D eigenvalue weighted by molar-refractivity contribution is 7.93. The minimum atomic E-state index is -10.8. The third kappa shape index (κ3) is 8.12. The van der Waals surface area contributed by atoms with E-state index in [1.165, 1.54) is 0 Å². The number of alkyl halides is 32. The second-order valence-electron chi connectivity index (χ2n) is 8.95. The first-order valence-corrected chi connectivity index (χ1v) is 14.0. The summed E-state index contributed by atoms with van der Waals surface area (Å²) in [5, 5.41) is -19.4. The van der Waals surface area contributed by atoms with Gasteiger partial charge in [-0.2, -0.15) is 101 Å². The van der Waals surface area contributed by atoms with Crippen molar-refractivity contribution in [3.8, 4) is 0 Å². The van der Waals surface area contributed by atoms with Gasteiger partial charge < -0.3 is 0 Å². The molecular weight excluding hydrogens is 930 g/mol. The summed E-state index contributed by atoms with van der Waals surface area (Å²) in [6, 6.07) is -8.76. The molecule has 0 spiro atoms. The van der Waals surface area contributed by atoms with Crippen LogP contribution in [0.4, 0.5) is 140 Å². The molecule has 0 aromatic rings. The molecular formula is C14HF32NO5SSi. The molecule has 0 unspecified atom stereocenters. The Hall–Kier alpha value is -2.23. The van der Waals surface area contributed by atoms with Gasteiger partial charge in [-0.25, -0.2) is 13.4 Å². The predicted octanol–water partition coefficient (Wildman–Crippen LogP) is 8.82. The maximum Gasteiger partial charge on any atom is 0.621 e. The van der Waals surface area contributed by atoms with Gasteiger partial charge in [-0.1, -0.05) is 0 Å². The van der Waals surface area contributed by atoms with Crippen LogP contribution in [0.3, 0.4) is 0 Å². The average Bonchev–Trinajstić information content (AvgIpc) is 2.82. The molecule has 0 heterocycles. The number of hydrogen-bond acceptors (Lipinski definition) is 6. The lowest BCUT2D eigenvalue weighted by atomic mass is 9.91. The lowest BCUT2D eigenvalue weighted by Gasteiger charge is -2.43. The summed E-state index contributed by atoms with van der Waals surface area (Å²) < 4.78 is 450. The fourth-order valence-electron chi connectivity index (χ4n) is 2.70. The van der Waals surface area contributed by atoms with Crippen LogP contribution in [0.1, 0.15) is 0 Å². The SMILES string of the molecule is O=S(=O)(C(F)(F)C(F)(F)C(F)(F)N[Si](OC(F)(F)F)(OC(F)(F)F)OC(F)(F)F)C(F)(F)C(F)(F)C(F)(F)C(F)(F)C(F)(F)C(F)(F)C(F)(F)C(F)(F)F. The first-order valence-electron chi connectivity index (χ1n) is 10.8. The van der Waals surface area contributed by atoms with Crippen molar-refractivity contribution < 1.29 is 162 Å². The quantitative estimate of drug-likeness (QED) is 0.101.